The molecule has 10 nitrogen and oxygen atoms in total. The molecular weight excluding hydrogens is 584 g/mol. The van der Waals surface area contributed by atoms with Crippen LogP contribution in [0.1, 0.15) is 18.1 Å². The molecule has 0 bridgehead atoms. The lowest BCUT2D eigenvalue weighted by Gasteiger charge is -2.18. The summed E-state index contributed by atoms with van der Waals surface area (Å²) in [5.41, 5.74) is 8.31. The number of hydrogen-bond donors (Lipinski definition) is 2. The van der Waals surface area contributed by atoms with Gasteiger partial charge in [-0.15, -0.1) is 11.3 Å². The number of ether oxygens (including phenoxy) is 3. The molecule has 2 aromatic heterocycles. The number of nitriles is 2. The molecule has 13 heteroatoms. The number of rotatable bonds is 9. The number of benzene rings is 2. The van der Waals surface area contributed by atoms with Crippen LogP contribution in [0.2, 0.25) is 5.02 Å². The molecule has 0 saturated heterocycles. The lowest BCUT2D eigenvalue weighted by atomic mass is 9.96. The maximum absolute atomic E-state index is 13.1. The number of thioether (sulfide) groups is 1. The molecule has 2 heterocycles. The molecule has 3 N–H and O–H groups in total. The van der Waals surface area contributed by atoms with Crippen LogP contribution in [-0.2, 0) is 4.79 Å². The highest BCUT2D eigenvalue weighted by Crippen LogP contribution is 2.44. The first kappa shape index (κ1) is 29.5. The van der Waals surface area contributed by atoms with E-state index >= 15 is 0 Å². The van der Waals surface area contributed by atoms with Gasteiger partial charge in [-0.25, -0.2) is 9.97 Å². The van der Waals surface area contributed by atoms with Crippen molar-refractivity contribution in [1.29, 1.82) is 10.5 Å². The Balaban J connectivity index is 1.67. The Kier molecular flexibility index (Phi) is 9.20. The van der Waals surface area contributed by atoms with Gasteiger partial charge in [-0.3, -0.25) is 4.79 Å². The van der Waals surface area contributed by atoms with Crippen molar-refractivity contribution in [3.05, 3.63) is 57.9 Å². The van der Waals surface area contributed by atoms with E-state index in [0.29, 0.717) is 38.7 Å². The van der Waals surface area contributed by atoms with E-state index < -0.39 is 5.25 Å². The second kappa shape index (κ2) is 12.8. The van der Waals surface area contributed by atoms with Gasteiger partial charge in [0.25, 0.3) is 0 Å². The number of aromatic nitrogens is 2. The van der Waals surface area contributed by atoms with Crippen LogP contribution in [0.4, 0.5) is 10.9 Å². The van der Waals surface area contributed by atoms with Gasteiger partial charge in [-0.1, -0.05) is 41.6 Å². The SMILES string of the molecule is COc1cc(-c2c(C#N)c(N)nc(SC(C)C(=O)Nc3nc(-c4ccccc4Cl)cs3)c2C#N)cc(OC)c1OC. The highest BCUT2D eigenvalue weighted by atomic mass is 35.5. The van der Waals surface area contributed by atoms with Gasteiger partial charge in [-0.05, 0) is 30.7 Å². The second-order valence-corrected chi connectivity index (χ2v) is 10.9. The molecule has 0 aliphatic heterocycles. The molecule has 1 amide bonds. The Hall–Kier alpha value is -4.49. The Bertz CT molecular complexity index is 1690. The molecule has 1 atom stereocenters. The highest BCUT2D eigenvalue weighted by Gasteiger charge is 2.26. The second-order valence-electron chi connectivity index (χ2n) is 8.33. The predicted octanol–water partition coefficient (Wildman–Crippen LogP) is 6.00. The summed E-state index contributed by atoms with van der Waals surface area (Å²) in [5.74, 6) is 0.545. The molecule has 208 valence electrons. The van der Waals surface area contributed by atoms with Gasteiger partial charge >= 0.3 is 0 Å². The smallest absolute Gasteiger partial charge is 0.239 e. The number of halogens is 1. The first-order valence-corrected chi connectivity index (χ1v) is 14.0. The van der Waals surface area contributed by atoms with Crippen LogP contribution in [0, 0.1) is 22.7 Å². The number of carbonyl (C=O) groups is 1. The Morgan fingerprint density at radius 1 is 1.07 bits per heavy atom. The first-order chi connectivity index (χ1) is 19.8. The number of nitrogen functional groups attached to an aromatic ring is 1. The molecular formula is C28H23ClN6O4S2. The number of methoxy groups -OCH3 is 3. The average molecular weight is 607 g/mol. The third-order valence-electron chi connectivity index (χ3n) is 5.91. The number of nitrogens with two attached hydrogens (primary N) is 1. The maximum Gasteiger partial charge on any atom is 0.239 e. The summed E-state index contributed by atoms with van der Waals surface area (Å²) in [6, 6.07) is 14.7. The van der Waals surface area contributed by atoms with Crippen LogP contribution in [0.3, 0.4) is 0 Å². The summed E-state index contributed by atoms with van der Waals surface area (Å²) in [6.07, 6.45) is 0. The van der Waals surface area contributed by atoms with Gasteiger partial charge in [0.05, 0.1) is 37.8 Å². The number of anilines is 2. The standard InChI is InChI=1S/C28H23ClN6O4S2/c1-14(26(36)35-28-33-20(13-40-28)16-7-5-6-8-19(16)29)41-27-18(12-31)23(17(11-30)25(32)34-27)15-9-21(37-2)24(39-4)22(10-15)38-3/h5-10,13-14H,1-4H3,(H2,32,34)(H,33,35,36). The molecule has 0 saturated carbocycles. The minimum atomic E-state index is -0.706. The molecule has 1 unspecified atom stereocenters. The highest BCUT2D eigenvalue weighted by molar-refractivity contribution is 8.00. The average Bonchev–Trinajstić information content (AvgIpc) is 3.44. The first-order valence-electron chi connectivity index (χ1n) is 11.9. The van der Waals surface area contributed by atoms with Gasteiger partial charge in [0.15, 0.2) is 16.6 Å². The van der Waals surface area contributed by atoms with E-state index in [9.17, 15) is 15.3 Å². The fourth-order valence-corrected chi connectivity index (χ4v) is 5.81. The molecule has 0 radical (unpaired) electrons. The number of hydrogen-bond acceptors (Lipinski definition) is 11. The number of nitrogens with zero attached hydrogens (tertiary/aromatic N) is 4. The number of thiazole rings is 1. The Morgan fingerprint density at radius 2 is 1.73 bits per heavy atom. The van der Waals surface area contributed by atoms with E-state index in [0.717, 1.165) is 17.3 Å². The van der Waals surface area contributed by atoms with Crippen LogP contribution in [0.5, 0.6) is 17.2 Å². The van der Waals surface area contributed by atoms with Crippen LogP contribution in [0.15, 0.2) is 46.8 Å². The van der Waals surface area contributed by atoms with Crippen molar-refractivity contribution < 1.29 is 19.0 Å². The largest absolute Gasteiger partial charge is 0.493 e. The number of pyridine rings is 1. The minimum Gasteiger partial charge on any atom is -0.493 e. The van der Waals surface area contributed by atoms with Crippen molar-refractivity contribution >= 4 is 51.6 Å². The van der Waals surface area contributed by atoms with Gasteiger partial charge < -0.3 is 25.3 Å². The van der Waals surface area contributed by atoms with Crippen LogP contribution in [-0.4, -0.2) is 42.5 Å². The van der Waals surface area contributed by atoms with E-state index in [1.165, 1.54) is 32.7 Å². The Labute approximate surface area is 249 Å². The number of carbonyl (C=O) groups excluding carboxylic acids is 1. The fourth-order valence-electron chi connectivity index (χ4n) is 3.95. The number of amides is 1. The van der Waals surface area contributed by atoms with E-state index in [1.807, 2.05) is 24.3 Å². The normalized spacial score (nSPS) is 11.2. The molecule has 0 spiro atoms. The zero-order valence-corrected chi connectivity index (χ0v) is 24.7. The third-order valence-corrected chi connectivity index (χ3v) is 8.08. The van der Waals surface area contributed by atoms with E-state index in [-0.39, 0.29) is 33.4 Å². The summed E-state index contributed by atoms with van der Waals surface area (Å²) >= 11 is 8.57. The summed E-state index contributed by atoms with van der Waals surface area (Å²) in [7, 11) is 4.38. The topological polar surface area (TPSA) is 156 Å². The molecule has 0 fully saturated rings. The third kappa shape index (κ3) is 6.00. The van der Waals surface area contributed by atoms with Gasteiger partial charge in [0.1, 0.15) is 28.5 Å². The molecule has 4 rings (SSSR count). The quantitative estimate of drug-likeness (QED) is 0.217. The molecule has 2 aromatic carbocycles. The van der Waals surface area contributed by atoms with Crippen molar-refractivity contribution in [3.8, 4) is 51.8 Å². The molecule has 0 aliphatic rings. The van der Waals surface area contributed by atoms with Gasteiger partial charge in [0.2, 0.25) is 11.7 Å². The zero-order valence-electron chi connectivity index (χ0n) is 22.3. The fraction of sp³-hybridized carbons (Fsp3) is 0.179. The molecule has 41 heavy (non-hydrogen) atoms. The minimum absolute atomic E-state index is 0.00663. The van der Waals surface area contributed by atoms with Crippen LogP contribution >= 0.6 is 34.7 Å². The van der Waals surface area contributed by atoms with Gasteiger partial charge in [0, 0.05) is 21.5 Å². The zero-order chi connectivity index (χ0) is 29.7. The van der Waals surface area contributed by atoms with Crippen molar-refractivity contribution in [1.82, 2.24) is 9.97 Å². The van der Waals surface area contributed by atoms with E-state index in [1.54, 1.807) is 30.5 Å². The predicted molar refractivity (Wildman–Crippen MR) is 160 cm³/mol. The lowest BCUT2D eigenvalue weighted by molar-refractivity contribution is -0.115. The summed E-state index contributed by atoms with van der Waals surface area (Å²) in [4.78, 5) is 21.9. The molecule has 0 aliphatic carbocycles. The van der Waals surface area contributed by atoms with Gasteiger partial charge in [-0.2, -0.15) is 10.5 Å². The van der Waals surface area contributed by atoms with Crippen LogP contribution in [0.25, 0.3) is 22.4 Å². The maximum atomic E-state index is 13.1. The number of nitrogens with one attached hydrogen (secondary N) is 1. The van der Waals surface area contributed by atoms with Crippen LogP contribution < -0.4 is 25.3 Å². The van der Waals surface area contributed by atoms with E-state index in [2.05, 4.69) is 21.4 Å². The summed E-state index contributed by atoms with van der Waals surface area (Å²) in [6.45, 7) is 1.67. The van der Waals surface area contributed by atoms with E-state index in [4.69, 9.17) is 31.5 Å². The van der Waals surface area contributed by atoms with Crippen molar-refractivity contribution in [3.63, 3.8) is 0 Å². The monoisotopic (exact) mass is 606 g/mol. The van der Waals surface area contributed by atoms with Crippen molar-refractivity contribution in [2.45, 2.75) is 17.2 Å². The summed E-state index contributed by atoms with van der Waals surface area (Å²) < 4.78 is 16.3. The summed E-state index contributed by atoms with van der Waals surface area (Å²) in [5, 5.41) is 25.1. The van der Waals surface area contributed by atoms with Crippen molar-refractivity contribution in [2.24, 2.45) is 0 Å². The lowest BCUT2D eigenvalue weighted by Crippen LogP contribution is -2.22. The van der Waals surface area contributed by atoms with Crippen molar-refractivity contribution in [2.75, 3.05) is 32.4 Å². The molecule has 4 aromatic rings. The Morgan fingerprint density at radius 3 is 2.32 bits per heavy atom.